The lowest BCUT2D eigenvalue weighted by atomic mass is 9.86. The van der Waals surface area contributed by atoms with Gasteiger partial charge in [0.1, 0.15) is 5.75 Å². The first-order chi connectivity index (χ1) is 8.27. The highest BCUT2D eigenvalue weighted by Gasteiger charge is 2.27. The molecule has 0 aliphatic carbocycles. The van der Waals surface area contributed by atoms with Crippen LogP contribution in [0.25, 0.3) is 0 Å². The maximum Gasteiger partial charge on any atom is 0.309 e. The molecule has 1 N–H and O–H groups in total. The second kappa shape index (κ2) is 5.74. The molecule has 0 aliphatic rings. The number of rotatable bonds is 5. The SMILES string of the molecule is COc1cc(C)c(Br)cc1CCC(C)(C)C(=O)O. The third-order valence-electron chi connectivity index (χ3n) is 3.16. The Morgan fingerprint density at radius 1 is 1.44 bits per heavy atom. The van der Waals surface area contributed by atoms with Gasteiger partial charge < -0.3 is 9.84 Å². The molecule has 4 heteroatoms. The fraction of sp³-hybridized carbons (Fsp3) is 0.500. The van der Waals surface area contributed by atoms with Gasteiger partial charge in [-0.3, -0.25) is 4.79 Å². The smallest absolute Gasteiger partial charge is 0.309 e. The van der Waals surface area contributed by atoms with Crippen LogP contribution in [0.2, 0.25) is 0 Å². The topological polar surface area (TPSA) is 46.5 Å². The molecular weight excluding hydrogens is 296 g/mol. The summed E-state index contributed by atoms with van der Waals surface area (Å²) >= 11 is 3.49. The average molecular weight is 315 g/mol. The summed E-state index contributed by atoms with van der Waals surface area (Å²) in [5, 5.41) is 9.10. The number of halogens is 1. The summed E-state index contributed by atoms with van der Waals surface area (Å²) < 4.78 is 6.36. The fourth-order valence-corrected chi connectivity index (χ4v) is 2.03. The zero-order chi connectivity index (χ0) is 13.9. The maximum atomic E-state index is 11.1. The summed E-state index contributed by atoms with van der Waals surface area (Å²) in [6.07, 6.45) is 1.26. The van der Waals surface area contributed by atoms with E-state index in [0.717, 1.165) is 21.3 Å². The first kappa shape index (κ1) is 15.0. The summed E-state index contributed by atoms with van der Waals surface area (Å²) in [5.41, 5.74) is 1.42. The monoisotopic (exact) mass is 314 g/mol. The van der Waals surface area contributed by atoms with Crippen LogP contribution in [-0.2, 0) is 11.2 Å². The molecule has 0 atom stereocenters. The van der Waals surface area contributed by atoms with Crippen molar-refractivity contribution in [1.29, 1.82) is 0 Å². The second-order valence-corrected chi connectivity index (χ2v) is 5.96. The van der Waals surface area contributed by atoms with E-state index in [1.807, 2.05) is 19.1 Å². The van der Waals surface area contributed by atoms with E-state index in [1.54, 1.807) is 21.0 Å². The molecule has 0 amide bonds. The van der Waals surface area contributed by atoms with Gasteiger partial charge in [-0.05, 0) is 56.9 Å². The molecule has 0 bridgehead atoms. The fourth-order valence-electron chi connectivity index (χ4n) is 1.64. The molecule has 0 unspecified atom stereocenters. The number of aliphatic carboxylic acids is 1. The number of carbonyl (C=O) groups is 1. The van der Waals surface area contributed by atoms with E-state index in [1.165, 1.54) is 0 Å². The van der Waals surface area contributed by atoms with Crippen LogP contribution in [0.15, 0.2) is 16.6 Å². The molecular formula is C14H19BrO3. The zero-order valence-electron chi connectivity index (χ0n) is 11.2. The van der Waals surface area contributed by atoms with Crippen molar-refractivity contribution in [2.75, 3.05) is 7.11 Å². The Labute approximate surface area is 116 Å². The molecule has 0 saturated heterocycles. The number of carboxylic acids is 1. The van der Waals surface area contributed by atoms with E-state index in [-0.39, 0.29) is 0 Å². The minimum absolute atomic E-state index is 0.578. The maximum absolute atomic E-state index is 11.1. The largest absolute Gasteiger partial charge is 0.496 e. The van der Waals surface area contributed by atoms with Crippen molar-refractivity contribution in [3.8, 4) is 5.75 Å². The standard InChI is InChI=1S/C14H19BrO3/c1-9-7-12(18-4)10(8-11(9)15)5-6-14(2,3)13(16)17/h7-8H,5-6H2,1-4H3,(H,16,17). The first-order valence-corrected chi connectivity index (χ1v) is 6.63. The van der Waals surface area contributed by atoms with Crippen molar-refractivity contribution in [2.45, 2.75) is 33.6 Å². The molecule has 0 fully saturated rings. The lowest BCUT2D eigenvalue weighted by Gasteiger charge is -2.20. The van der Waals surface area contributed by atoms with E-state index in [0.29, 0.717) is 12.8 Å². The Bertz CT molecular complexity index is 453. The average Bonchev–Trinajstić information content (AvgIpc) is 2.30. The number of methoxy groups -OCH3 is 1. The molecule has 1 aromatic rings. The molecule has 3 nitrogen and oxygen atoms in total. The number of ether oxygens (including phenoxy) is 1. The van der Waals surface area contributed by atoms with Crippen LogP contribution in [-0.4, -0.2) is 18.2 Å². The Balaban J connectivity index is 2.91. The van der Waals surface area contributed by atoms with Crippen molar-refractivity contribution < 1.29 is 14.6 Å². The van der Waals surface area contributed by atoms with Gasteiger partial charge in [0, 0.05) is 4.47 Å². The molecule has 0 heterocycles. The Morgan fingerprint density at radius 3 is 2.56 bits per heavy atom. The number of hydrogen-bond acceptors (Lipinski definition) is 2. The van der Waals surface area contributed by atoms with Crippen molar-refractivity contribution in [3.63, 3.8) is 0 Å². The van der Waals surface area contributed by atoms with Crippen LogP contribution in [0.5, 0.6) is 5.75 Å². The van der Waals surface area contributed by atoms with Gasteiger partial charge in [0.15, 0.2) is 0 Å². The summed E-state index contributed by atoms with van der Waals surface area (Å²) in [7, 11) is 1.63. The molecule has 0 saturated carbocycles. The van der Waals surface area contributed by atoms with Crippen LogP contribution in [0, 0.1) is 12.3 Å². The van der Waals surface area contributed by atoms with Gasteiger partial charge in [-0.2, -0.15) is 0 Å². The van der Waals surface area contributed by atoms with Gasteiger partial charge in [0.2, 0.25) is 0 Å². The predicted octanol–water partition coefficient (Wildman–Crippen LogP) is 3.81. The number of hydrogen-bond donors (Lipinski definition) is 1. The van der Waals surface area contributed by atoms with Crippen molar-refractivity contribution in [3.05, 3.63) is 27.7 Å². The Hall–Kier alpha value is -1.03. The molecule has 18 heavy (non-hydrogen) atoms. The van der Waals surface area contributed by atoms with Crippen LogP contribution in [0.1, 0.15) is 31.4 Å². The zero-order valence-corrected chi connectivity index (χ0v) is 12.8. The Morgan fingerprint density at radius 2 is 2.06 bits per heavy atom. The van der Waals surface area contributed by atoms with Gasteiger partial charge in [-0.15, -0.1) is 0 Å². The molecule has 0 aliphatic heterocycles. The lowest BCUT2D eigenvalue weighted by molar-refractivity contribution is -0.147. The van der Waals surface area contributed by atoms with Crippen LogP contribution in [0.4, 0.5) is 0 Å². The van der Waals surface area contributed by atoms with Crippen LogP contribution >= 0.6 is 15.9 Å². The molecule has 100 valence electrons. The quantitative estimate of drug-likeness (QED) is 0.899. The lowest BCUT2D eigenvalue weighted by Crippen LogP contribution is -2.24. The highest BCUT2D eigenvalue weighted by atomic mass is 79.9. The second-order valence-electron chi connectivity index (χ2n) is 5.10. The molecule has 1 aromatic carbocycles. The molecule has 0 radical (unpaired) electrons. The van der Waals surface area contributed by atoms with Crippen LogP contribution in [0.3, 0.4) is 0 Å². The van der Waals surface area contributed by atoms with Crippen LogP contribution < -0.4 is 4.74 Å². The number of carboxylic acid groups (broad SMARTS) is 1. The summed E-state index contributed by atoms with van der Waals surface area (Å²) in [6, 6.07) is 3.97. The molecule has 1 rings (SSSR count). The minimum Gasteiger partial charge on any atom is -0.496 e. The van der Waals surface area contributed by atoms with E-state index >= 15 is 0 Å². The third-order valence-corrected chi connectivity index (χ3v) is 4.01. The van der Waals surface area contributed by atoms with Gasteiger partial charge in [-0.25, -0.2) is 0 Å². The highest BCUT2D eigenvalue weighted by Crippen LogP contribution is 2.31. The van der Waals surface area contributed by atoms with E-state index in [4.69, 9.17) is 9.84 Å². The van der Waals surface area contributed by atoms with E-state index < -0.39 is 11.4 Å². The minimum atomic E-state index is -0.771. The van der Waals surface area contributed by atoms with Crippen molar-refractivity contribution >= 4 is 21.9 Å². The Kier molecular flexibility index (Phi) is 4.79. The number of aryl methyl sites for hydroxylation is 2. The van der Waals surface area contributed by atoms with E-state index in [2.05, 4.69) is 15.9 Å². The number of benzene rings is 1. The van der Waals surface area contributed by atoms with Gasteiger partial charge in [0.25, 0.3) is 0 Å². The van der Waals surface area contributed by atoms with Gasteiger partial charge in [0.05, 0.1) is 12.5 Å². The normalized spacial score (nSPS) is 11.4. The summed E-state index contributed by atoms with van der Waals surface area (Å²) in [5.74, 6) is 0.0459. The van der Waals surface area contributed by atoms with Gasteiger partial charge in [-0.1, -0.05) is 15.9 Å². The van der Waals surface area contributed by atoms with Gasteiger partial charge >= 0.3 is 5.97 Å². The third kappa shape index (κ3) is 3.48. The summed E-state index contributed by atoms with van der Waals surface area (Å²) in [4.78, 5) is 11.1. The first-order valence-electron chi connectivity index (χ1n) is 5.84. The van der Waals surface area contributed by atoms with Crippen molar-refractivity contribution in [1.82, 2.24) is 0 Å². The predicted molar refractivity (Wildman–Crippen MR) is 75.2 cm³/mol. The summed E-state index contributed by atoms with van der Waals surface area (Å²) in [6.45, 7) is 5.48. The van der Waals surface area contributed by atoms with Crippen molar-refractivity contribution in [2.24, 2.45) is 5.41 Å². The molecule has 0 spiro atoms. The molecule has 0 aromatic heterocycles. The van der Waals surface area contributed by atoms with E-state index in [9.17, 15) is 4.79 Å². The highest BCUT2D eigenvalue weighted by molar-refractivity contribution is 9.10.